The van der Waals surface area contributed by atoms with Crippen LogP contribution in [0.3, 0.4) is 0 Å². The molecule has 0 aliphatic heterocycles. The first-order chi connectivity index (χ1) is 13.2. The molecule has 0 radical (unpaired) electrons. The summed E-state index contributed by atoms with van der Waals surface area (Å²) in [5.74, 6) is 0.0642. The molecule has 0 amide bonds. The lowest BCUT2D eigenvalue weighted by Gasteiger charge is -2.24. The van der Waals surface area contributed by atoms with Crippen LogP contribution >= 0.6 is 0 Å². The lowest BCUT2D eigenvalue weighted by molar-refractivity contribution is -0.112. The Morgan fingerprint density at radius 3 is 2.22 bits per heavy atom. The van der Waals surface area contributed by atoms with Gasteiger partial charge in [-0.05, 0) is 64.8 Å². The standard InChI is InChI=1S/C26H22O/c1-19(27)11-12-20-13-15-23(16-14-20)26-24-10-6-5-9-22(24)17-18-25(26)21-7-3-2-4-8-21/h2-16H,17-18H2,1H3/b12-11+. The molecule has 0 aromatic heterocycles. The third-order valence-corrected chi connectivity index (χ3v) is 5.06. The average molecular weight is 350 g/mol. The van der Waals surface area contributed by atoms with Gasteiger partial charge in [-0.3, -0.25) is 4.79 Å². The van der Waals surface area contributed by atoms with E-state index in [0.29, 0.717) is 0 Å². The number of allylic oxidation sites excluding steroid dienone is 2. The SMILES string of the molecule is CC(=O)/C=C/c1ccc(C2=C(c3ccccc3)CCc3ccccc32)cc1. The average Bonchev–Trinajstić information content (AvgIpc) is 2.72. The van der Waals surface area contributed by atoms with Crippen molar-refractivity contribution in [2.75, 3.05) is 0 Å². The number of benzene rings is 3. The molecule has 4 rings (SSSR count). The number of ketones is 1. The van der Waals surface area contributed by atoms with Crippen LogP contribution < -0.4 is 0 Å². The molecule has 27 heavy (non-hydrogen) atoms. The summed E-state index contributed by atoms with van der Waals surface area (Å²) in [6.07, 6.45) is 5.60. The third-order valence-electron chi connectivity index (χ3n) is 5.06. The Hall–Kier alpha value is -3.19. The van der Waals surface area contributed by atoms with Crippen molar-refractivity contribution in [2.24, 2.45) is 0 Å². The second-order valence-corrected chi connectivity index (χ2v) is 6.94. The molecule has 0 heterocycles. The number of carbonyl (C=O) groups is 1. The Morgan fingerprint density at radius 2 is 1.48 bits per heavy atom. The molecule has 3 aromatic carbocycles. The summed E-state index contributed by atoms with van der Waals surface area (Å²) in [5, 5.41) is 0. The molecule has 1 aliphatic carbocycles. The van der Waals surface area contributed by atoms with E-state index in [4.69, 9.17) is 0 Å². The minimum absolute atomic E-state index is 0.0642. The van der Waals surface area contributed by atoms with E-state index in [9.17, 15) is 4.79 Å². The van der Waals surface area contributed by atoms with Gasteiger partial charge in [-0.2, -0.15) is 0 Å². The van der Waals surface area contributed by atoms with Crippen molar-refractivity contribution in [2.45, 2.75) is 19.8 Å². The Morgan fingerprint density at radius 1 is 0.778 bits per heavy atom. The van der Waals surface area contributed by atoms with Crippen molar-refractivity contribution in [1.82, 2.24) is 0 Å². The Labute approximate surface area is 160 Å². The number of carbonyl (C=O) groups excluding carboxylic acids is 1. The van der Waals surface area contributed by atoms with Crippen LogP contribution in [0.2, 0.25) is 0 Å². The first kappa shape index (κ1) is 17.2. The molecule has 0 atom stereocenters. The highest BCUT2D eigenvalue weighted by molar-refractivity contribution is 6.00. The predicted octanol–water partition coefficient (Wildman–Crippen LogP) is 6.19. The van der Waals surface area contributed by atoms with Gasteiger partial charge < -0.3 is 0 Å². The van der Waals surface area contributed by atoms with E-state index in [1.807, 2.05) is 6.08 Å². The molecule has 1 nitrogen and oxygen atoms in total. The Balaban J connectivity index is 1.85. The van der Waals surface area contributed by atoms with Crippen molar-refractivity contribution in [3.8, 4) is 0 Å². The van der Waals surface area contributed by atoms with E-state index >= 15 is 0 Å². The topological polar surface area (TPSA) is 17.1 Å². The zero-order valence-electron chi connectivity index (χ0n) is 15.5. The van der Waals surface area contributed by atoms with Gasteiger partial charge in [-0.15, -0.1) is 0 Å². The van der Waals surface area contributed by atoms with E-state index in [1.165, 1.54) is 33.4 Å². The fraction of sp³-hybridized carbons (Fsp3) is 0.115. The van der Waals surface area contributed by atoms with Gasteiger partial charge in [0.1, 0.15) is 0 Å². The van der Waals surface area contributed by atoms with Crippen molar-refractivity contribution >= 4 is 23.0 Å². The molecule has 132 valence electrons. The van der Waals surface area contributed by atoms with Crippen molar-refractivity contribution in [3.05, 3.63) is 113 Å². The van der Waals surface area contributed by atoms with Crippen molar-refractivity contribution in [1.29, 1.82) is 0 Å². The van der Waals surface area contributed by atoms with Crippen LogP contribution in [0.25, 0.3) is 17.2 Å². The molecular formula is C26H22O. The summed E-state index contributed by atoms with van der Waals surface area (Å²) >= 11 is 0. The number of hydrogen-bond acceptors (Lipinski definition) is 1. The van der Waals surface area contributed by atoms with Crippen LogP contribution in [0.4, 0.5) is 0 Å². The van der Waals surface area contributed by atoms with Gasteiger partial charge in [0, 0.05) is 0 Å². The molecular weight excluding hydrogens is 328 g/mol. The van der Waals surface area contributed by atoms with Crippen LogP contribution in [-0.4, -0.2) is 5.78 Å². The van der Waals surface area contributed by atoms with Crippen LogP contribution in [0.5, 0.6) is 0 Å². The van der Waals surface area contributed by atoms with Gasteiger partial charge in [0.2, 0.25) is 0 Å². The van der Waals surface area contributed by atoms with E-state index in [0.717, 1.165) is 18.4 Å². The fourth-order valence-electron chi connectivity index (χ4n) is 3.76. The molecule has 0 N–H and O–H groups in total. The number of rotatable bonds is 4. The van der Waals surface area contributed by atoms with E-state index in [2.05, 4.69) is 78.9 Å². The summed E-state index contributed by atoms with van der Waals surface area (Å²) in [5.41, 5.74) is 9.03. The second-order valence-electron chi connectivity index (χ2n) is 6.94. The molecule has 0 spiro atoms. The van der Waals surface area contributed by atoms with Crippen LogP contribution in [0.15, 0.2) is 84.9 Å². The highest BCUT2D eigenvalue weighted by Gasteiger charge is 2.20. The quantitative estimate of drug-likeness (QED) is 0.512. The molecule has 0 unspecified atom stereocenters. The fourth-order valence-corrected chi connectivity index (χ4v) is 3.76. The highest BCUT2D eigenvalue weighted by Crippen LogP contribution is 2.40. The molecule has 0 bridgehead atoms. The molecule has 1 heteroatoms. The first-order valence-corrected chi connectivity index (χ1v) is 9.38. The van der Waals surface area contributed by atoms with E-state index in [1.54, 1.807) is 13.0 Å². The van der Waals surface area contributed by atoms with Crippen molar-refractivity contribution in [3.63, 3.8) is 0 Å². The van der Waals surface area contributed by atoms with E-state index < -0.39 is 0 Å². The molecule has 1 aliphatic rings. The van der Waals surface area contributed by atoms with Gasteiger partial charge >= 0.3 is 0 Å². The first-order valence-electron chi connectivity index (χ1n) is 9.38. The lowest BCUT2D eigenvalue weighted by atomic mass is 9.79. The summed E-state index contributed by atoms with van der Waals surface area (Å²) < 4.78 is 0. The van der Waals surface area contributed by atoms with Gasteiger partial charge in [0.15, 0.2) is 5.78 Å². The zero-order valence-corrected chi connectivity index (χ0v) is 15.5. The Kier molecular flexibility index (Phi) is 4.84. The van der Waals surface area contributed by atoms with Crippen LogP contribution in [0, 0.1) is 0 Å². The summed E-state index contributed by atoms with van der Waals surface area (Å²) in [7, 11) is 0. The number of hydrogen-bond donors (Lipinski definition) is 0. The van der Waals surface area contributed by atoms with Crippen molar-refractivity contribution < 1.29 is 4.79 Å². The largest absolute Gasteiger partial charge is 0.295 e. The molecule has 0 saturated heterocycles. The minimum atomic E-state index is 0.0642. The van der Waals surface area contributed by atoms with Gasteiger partial charge in [-0.25, -0.2) is 0 Å². The maximum absolute atomic E-state index is 11.2. The molecule has 0 saturated carbocycles. The second kappa shape index (κ2) is 7.59. The maximum atomic E-state index is 11.2. The monoisotopic (exact) mass is 350 g/mol. The Bertz CT molecular complexity index is 1020. The summed E-state index contributed by atoms with van der Waals surface area (Å²) in [6.45, 7) is 1.57. The summed E-state index contributed by atoms with van der Waals surface area (Å²) in [6, 6.07) is 27.9. The zero-order chi connectivity index (χ0) is 18.6. The number of aryl methyl sites for hydroxylation is 1. The van der Waals surface area contributed by atoms with Gasteiger partial charge in [-0.1, -0.05) is 84.9 Å². The summed E-state index contributed by atoms with van der Waals surface area (Å²) in [4.78, 5) is 11.2. The van der Waals surface area contributed by atoms with E-state index in [-0.39, 0.29) is 5.78 Å². The normalized spacial score (nSPS) is 13.7. The third kappa shape index (κ3) is 3.68. The number of fused-ring (bicyclic) bond motifs is 1. The molecule has 3 aromatic rings. The highest BCUT2D eigenvalue weighted by atomic mass is 16.1. The van der Waals surface area contributed by atoms with Crippen LogP contribution in [0.1, 0.15) is 41.2 Å². The predicted molar refractivity (Wildman–Crippen MR) is 113 cm³/mol. The molecule has 0 fully saturated rings. The van der Waals surface area contributed by atoms with Crippen LogP contribution in [-0.2, 0) is 11.2 Å². The maximum Gasteiger partial charge on any atom is 0.152 e. The van der Waals surface area contributed by atoms with Gasteiger partial charge in [0.05, 0.1) is 0 Å². The van der Waals surface area contributed by atoms with Gasteiger partial charge in [0.25, 0.3) is 0 Å². The minimum Gasteiger partial charge on any atom is -0.295 e. The smallest absolute Gasteiger partial charge is 0.152 e. The lowest BCUT2D eigenvalue weighted by Crippen LogP contribution is -2.06.